The Balaban J connectivity index is 1.40. The molecule has 10 heteroatoms. The summed E-state index contributed by atoms with van der Waals surface area (Å²) in [5, 5.41) is 4.05. The van der Waals surface area contributed by atoms with E-state index in [9.17, 15) is 12.8 Å². The van der Waals surface area contributed by atoms with Crippen LogP contribution in [0.15, 0.2) is 52.7 Å². The van der Waals surface area contributed by atoms with Gasteiger partial charge in [0.15, 0.2) is 5.13 Å². The highest BCUT2D eigenvalue weighted by molar-refractivity contribution is 7.89. The van der Waals surface area contributed by atoms with E-state index in [1.807, 2.05) is 11.4 Å². The molecule has 0 atom stereocenters. The molecule has 0 radical (unpaired) electrons. The summed E-state index contributed by atoms with van der Waals surface area (Å²) in [5.41, 5.74) is 1.86. The van der Waals surface area contributed by atoms with Gasteiger partial charge in [0.1, 0.15) is 5.82 Å². The molecule has 1 fully saturated rings. The molecule has 0 bridgehead atoms. The van der Waals surface area contributed by atoms with Gasteiger partial charge in [0.25, 0.3) is 0 Å². The lowest BCUT2D eigenvalue weighted by atomic mass is 10.1. The van der Waals surface area contributed by atoms with Gasteiger partial charge in [0.2, 0.25) is 10.0 Å². The predicted octanol–water partition coefficient (Wildman–Crippen LogP) is 4.69. The standard InChI is InChI=1S/C20H18Cl2FN3O2S2/c21-15-2-1-14(19(22)12-15)11-17-13-29-20(24-17)25-7-9-26(10-8-25)30(27,28)18-5-3-16(23)4-6-18/h1-6,12-13H,7-11H2. The number of sulfonamides is 1. The van der Waals surface area contributed by atoms with Crippen LogP contribution in [0.5, 0.6) is 0 Å². The number of anilines is 1. The van der Waals surface area contributed by atoms with Gasteiger partial charge in [-0.05, 0) is 42.0 Å². The molecule has 0 amide bonds. The molecule has 2 aromatic carbocycles. The van der Waals surface area contributed by atoms with Crippen LogP contribution in [0, 0.1) is 5.82 Å². The van der Waals surface area contributed by atoms with Crippen LogP contribution >= 0.6 is 34.5 Å². The topological polar surface area (TPSA) is 53.5 Å². The number of thiazole rings is 1. The first-order chi connectivity index (χ1) is 14.3. The maximum absolute atomic E-state index is 13.1. The normalized spacial score (nSPS) is 15.5. The van der Waals surface area contributed by atoms with Crippen molar-refractivity contribution < 1.29 is 12.8 Å². The van der Waals surface area contributed by atoms with Crippen LogP contribution in [-0.4, -0.2) is 43.9 Å². The van der Waals surface area contributed by atoms with Crippen molar-refractivity contribution in [2.75, 3.05) is 31.1 Å². The summed E-state index contributed by atoms with van der Waals surface area (Å²) in [6, 6.07) is 10.3. The van der Waals surface area contributed by atoms with E-state index in [1.165, 1.54) is 27.8 Å². The third kappa shape index (κ3) is 4.63. The number of aromatic nitrogens is 1. The molecular weight excluding hydrogens is 468 g/mol. The van der Waals surface area contributed by atoms with Gasteiger partial charge in [-0.2, -0.15) is 4.31 Å². The lowest BCUT2D eigenvalue weighted by Gasteiger charge is -2.33. The lowest BCUT2D eigenvalue weighted by Crippen LogP contribution is -2.48. The number of rotatable bonds is 5. The third-order valence-electron chi connectivity index (χ3n) is 4.89. The van der Waals surface area contributed by atoms with Crippen molar-refractivity contribution in [1.29, 1.82) is 0 Å². The van der Waals surface area contributed by atoms with Gasteiger partial charge >= 0.3 is 0 Å². The second kappa shape index (κ2) is 8.80. The van der Waals surface area contributed by atoms with Crippen LogP contribution in [0.25, 0.3) is 0 Å². The summed E-state index contributed by atoms with van der Waals surface area (Å²) in [5.74, 6) is -0.460. The number of hydrogen-bond donors (Lipinski definition) is 0. The molecule has 0 N–H and O–H groups in total. The molecule has 5 nitrogen and oxygen atoms in total. The van der Waals surface area contributed by atoms with Gasteiger partial charge in [0, 0.05) is 48.0 Å². The summed E-state index contributed by atoms with van der Waals surface area (Å²) in [4.78, 5) is 6.87. The maximum Gasteiger partial charge on any atom is 0.243 e. The predicted molar refractivity (Wildman–Crippen MR) is 119 cm³/mol. The Kier molecular flexibility index (Phi) is 6.31. The molecule has 1 saturated heterocycles. The molecule has 0 saturated carbocycles. The van der Waals surface area contributed by atoms with Gasteiger partial charge < -0.3 is 4.90 Å². The molecular formula is C20H18Cl2FN3O2S2. The highest BCUT2D eigenvalue weighted by Crippen LogP contribution is 2.28. The monoisotopic (exact) mass is 485 g/mol. The second-order valence-electron chi connectivity index (χ2n) is 6.88. The molecule has 1 aliphatic rings. The molecule has 3 aromatic rings. The summed E-state index contributed by atoms with van der Waals surface area (Å²) < 4.78 is 40.0. The van der Waals surface area contributed by atoms with Gasteiger partial charge in [-0.3, -0.25) is 0 Å². The molecule has 0 unspecified atom stereocenters. The van der Waals surface area contributed by atoms with Crippen LogP contribution in [-0.2, 0) is 16.4 Å². The largest absolute Gasteiger partial charge is 0.345 e. The number of nitrogens with zero attached hydrogens (tertiary/aromatic N) is 3. The van der Waals surface area contributed by atoms with Gasteiger partial charge in [-0.1, -0.05) is 29.3 Å². The molecule has 2 heterocycles. The van der Waals surface area contributed by atoms with E-state index in [4.69, 9.17) is 28.2 Å². The van der Waals surface area contributed by atoms with E-state index in [0.29, 0.717) is 42.6 Å². The maximum atomic E-state index is 13.1. The molecule has 1 aliphatic heterocycles. The Morgan fingerprint density at radius 1 is 1.03 bits per heavy atom. The summed E-state index contributed by atoms with van der Waals surface area (Å²) in [6.07, 6.45) is 0.603. The van der Waals surface area contributed by atoms with E-state index in [1.54, 1.807) is 12.1 Å². The first-order valence-corrected chi connectivity index (χ1v) is 12.3. The van der Waals surface area contributed by atoms with Crippen molar-refractivity contribution in [2.45, 2.75) is 11.3 Å². The van der Waals surface area contributed by atoms with Crippen molar-refractivity contribution in [2.24, 2.45) is 0 Å². The Morgan fingerprint density at radius 3 is 2.40 bits per heavy atom. The zero-order valence-electron chi connectivity index (χ0n) is 15.8. The average molecular weight is 486 g/mol. The average Bonchev–Trinajstić information content (AvgIpc) is 3.19. The van der Waals surface area contributed by atoms with Crippen LogP contribution in [0.1, 0.15) is 11.3 Å². The fourth-order valence-corrected chi connectivity index (χ4v) is 6.03. The minimum Gasteiger partial charge on any atom is -0.345 e. The molecule has 0 aliphatic carbocycles. The minimum absolute atomic E-state index is 0.105. The van der Waals surface area contributed by atoms with Crippen LogP contribution in [0.2, 0.25) is 10.0 Å². The lowest BCUT2D eigenvalue weighted by molar-refractivity contribution is 0.384. The van der Waals surface area contributed by atoms with Gasteiger partial charge in [0.05, 0.1) is 10.6 Å². The summed E-state index contributed by atoms with van der Waals surface area (Å²) in [6.45, 7) is 1.76. The molecule has 4 rings (SSSR count). The van der Waals surface area contributed by atoms with E-state index < -0.39 is 15.8 Å². The van der Waals surface area contributed by atoms with Crippen LogP contribution < -0.4 is 4.90 Å². The Morgan fingerprint density at radius 2 is 1.73 bits per heavy atom. The van der Waals surface area contributed by atoms with Crippen molar-refractivity contribution in [3.8, 4) is 0 Å². The van der Waals surface area contributed by atoms with E-state index >= 15 is 0 Å². The Labute approximate surface area is 188 Å². The summed E-state index contributed by atoms with van der Waals surface area (Å²) in [7, 11) is -3.63. The molecule has 158 valence electrons. The number of piperazine rings is 1. The highest BCUT2D eigenvalue weighted by atomic mass is 35.5. The number of benzene rings is 2. The van der Waals surface area contributed by atoms with Crippen molar-refractivity contribution in [3.05, 3.63) is 75.0 Å². The SMILES string of the molecule is O=S(=O)(c1ccc(F)cc1)N1CCN(c2nc(Cc3ccc(Cl)cc3Cl)cs2)CC1. The zero-order chi connectivity index (χ0) is 21.3. The first-order valence-electron chi connectivity index (χ1n) is 9.22. The van der Waals surface area contributed by atoms with E-state index in [0.717, 1.165) is 28.5 Å². The van der Waals surface area contributed by atoms with Gasteiger partial charge in [-0.25, -0.2) is 17.8 Å². The Bertz CT molecular complexity index is 1150. The second-order valence-corrected chi connectivity index (χ2v) is 10.5. The van der Waals surface area contributed by atoms with Crippen molar-refractivity contribution >= 4 is 49.7 Å². The quantitative estimate of drug-likeness (QED) is 0.525. The summed E-state index contributed by atoms with van der Waals surface area (Å²) >= 11 is 13.7. The van der Waals surface area contributed by atoms with Crippen LogP contribution in [0.3, 0.4) is 0 Å². The van der Waals surface area contributed by atoms with E-state index in [2.05, 4.69) is 4.90 Å². The van der Waals surface area contributed by atoms with Crippen molar-refractivity contribution in [1.82, 2.24) is 9.29 Å². The minimum atomic E-state index is -3.63. The number of halogens is 3. The number of hydrogen-bond acceptors (Lipinski definition) is 5. The van der Waals surface area contributed by atoms with Crippen molar-refractivity contribution in [3.63, 3.8) is 0 Å². The Hall–Kier alpha value is -1.71. The zero-order valence-corrected chi connectivity index (χ0v) is 18.9. The third-order valence-corrected chi connectivity index (χ3v) is 8.34. The van der Waals surface area contributed by atoms with Crippen LogP contribution in [0.4, 0.5) is 9.52 Å². The molecule has 30 heavy (non-hydrogen) atoms. The van der Waals surface area contributed by atoms with E-state index in [-0.39, 0.29) is 4.90 Å². The fourth-order valence-electron chi connectivity index (χ4n) is 3.26. The highest BCUT2D eigenvalue weighted by Gasteiger charge is 2.29. The first kappa shape index (κ1) is 21.5. The fraction of sp³-hybridized carbons (Fsp3) is 0.250. The molecule has 0 spiro atoms. The smallest absolute Gasteiger partial charge is 0.243 e. The van der Waals surface area contributed by atoms with Gasteiger partial charge in [-0.15, -0.1) is 11.3 Å². The molecule has 1 aromatic heterocycles.